The van der Waals surface area contributed by atoms with Crippen LogP contribution in [-0.4, -0.2) is 28.4 Å². The Morgan fingerprint density at radius 3 is 2.52 bits per heavy atom. The number of anilines is 1. The van der Waals surface area contributed by atoms with Crippen molar-refractivity contribution in [2.75, 3.05) is 4.72 Å². The van der Waals surface area contributed by atoms with Gasteiger partial charge < -0.3 is 0 Å². The van der Waals surface area contributed by atoms with Crippen LogP contribution < -0.4 is 4.72 Å². The van der Waals surface area contributed by atoms with Crippen LogP contribution in [0.1, 0.15) is 32.9 Å². The highest BCUT2D eigenvalue weighted by Gasteiger charge is 2.15. The van der Waals surface area contributed by atoms with E-state index in [1.807, 2.05) is 35.1 Å². The Kier molecular flexibility index (Phi) is 5.60. The normalized spacial score (nSPS) is 11.7. The predicted molar refractivity (Wildman–Crippen MR) is 108 cm³/mol. The zero-order valence-electron chi connectivity index (χ0n) is 15.8. The van der Waals surface area contributed by atoms with Gasteiger partial charge in [-0.3, -0.25) is 9.71 Å². The van der Waals surface area contributed by atoms with Gasteiger partial charge in [-0.2, -0.15) is 5.10 Å². The fourth-order valence-electron chi connectivity index (χ4n) is 2.63. The maximum absolute atomic E-state index is 12.0. The van der Waals surface area contributed by atoms with Crippen LogP contribution in [-0.2, 0) is 16.4 Å². The van der Waals surface area contributed by atoms with Crippen LogP contribution in [0.5, 0.6) is 0 Å². The largest absolute Gasteiger partial charge is 0.283 e. The van der Waals surface area contributed by atoms with Gasteiger partial charge in [0.1, 0.15) is 0 Å². The van der Waals surface area contributed by atoms with Crippen LogP contribution in [0.15, 0.2) is 55.0 Å². The molecule has 1 N–H and O–H groups in total. The summed E-state index contributed by atoms with van der Waals surface area (Å²) < 4.78 is 28.3. The first-order valence-electron chi connectivity index (χ1n) is 9.01. The zero-order chi connectivity index (χ0) is 19.4. The second-order valence-corrected chi connectivity index (χ2v) is 8.94. The molecule has 2 aromatic heterocycles. The number of rotatable bonds is 7. The lowest BCUT2D eigenvalue weighted by Gasteiger charge is -2.10. The lowest BCUT2D eigenvalue weighted by molar-refractivity contribution is 0.593. The molecule has 0 atom stereocenters. The predicted octanol–water partition coefficient (Wildman–Crippen LogP) is 4.04. The molecule has 0 aliphatic rings. The Balaban J connectivity index is 1.79. The molecular formula is C20H24N4O2S. The van der Waals surface area contributed by atoms with Gasteiger partial charge in [-0.1, -0.05) is 25.5 Å². The SMILES string of the molecule is CCCc1cc(-n2cc(-c3ccc(NS(=O)(=O)C(C)C)cc3)cn2)ccn1. The van der Waals surface area contributed by atoms with Crippen LogP contribution in [0.2, 0.25) is 0 Å². The molecule has 3 rings (SSSR count). The maximum Gasteiger partial charge on any atom is 0.235 e. The molecule has 7 heteroatoms. The number of aromatic nitrogens is 3. The van der Waals surface area contributed by atoms with E-state index >= 15 is 0 Å². The Labute approximate surface area is 160 Å². The van der Waals surface area contributed by atoms with Gasteiger partial charge >= 0.3 is 0 Å². The Bertz CT molecular complexity index is 1010. The summed E-state index contributed by atoms with van der Waals surface area (Å²) in [5, 5.41) is 3.97. The molecule has 1 aromatic carbocycles. The highest BCUT2D eigenvalue weighted by atomic mass is 32.2. The monoisotopic (exact) mass is 384 g/mol. The number of pyridine rings is 1. The average molecular weight is 385 g/mol. The molecule has 27 heavy (non-hydrogen) atoms. The number of hydrogen-bond donors (Lipinski definition) is 1. The number of nitrogens with zero attached hydrogens (tertiary/aromatic N) is 3. The van der Waals surface area contributed by atoms with Crippen molar-refractivity contribution in [2.45, 2.75) is 38.9 Å². The lowest BCUT2D eigenvalue weighted by Crippen LogP contribution is -2.22. The number of benzene rings is 1. The fraction of sp³-hybridized carbons (Fsp3) is 0.300. The maximum atomic E-state index is 12.0. The number of aryl methyl sites for hydroxylation is 1. The van der Waals surface area contributed by atoms with E-state index < -0.39 is 15.3 Å². The fourth-order valence-corrected chi connectivity index (χ4v) is 3.33. The van der Waals surface area contributed by atoms with E-state index in [0.717, 1.165) is 35.3 Å². The van der Waals surface area contributed by atoms with Gasteiger partial charge in [0, 0.05) is 29.3 Å². The van der Waals surface area contributed by atoms with Gasteiger partial charge in [0.2, 0.25) is 10.0 Å². The molecule has 0 fully saturated rings. The number of nitrogens with one attached hydrogen (secondary N) is 1. The summed E-state index contributed by atoms with van der Waals surface area (Å²) in [6.45, 7) is 5.43. The zero-order valence-corrected chi connectivity index (χ0v) is 16.6. The Morgan fingerprint density at radius 1 is 1.11 bits per heavy atom. The van der Waals surface area contributed by atoms with Gasteiger partial charge in [0.25, 0.3) is 0 Å². The number of sulfonamides is 1. The van der Waals surface area contributed by atoms with Crippen LogP contribution in [0.3, 0.4) is 0 Å². The molecule has 0 unspecified atom stereocenters. The van der Waals surface area contributed by atoms with E-state index in [0.29, 0.717) is 5.69 Å². The van der Waals surface area contributed by atoms with Crippen LogP contribution in [0.25, 0.3) is 16.8 Å². The molecule has 2 heterocycles. The smallest absolute Gasteiger partial charge is 0.235 e. The molecule has 3 aromatic rings. The lowest BCUT2D eigenvalue weighted by atomic mass is 10.1. The van der Waals surface area contributed by atoms with Crippen LogP contribution in [0.4, 0.5) is 5.69 Å². The molecule has 0 saturated carbocycles. The summed E-state index contributed by atoms with van der Waals surface area (Å²) in [6.07, 6.45) is 7.55. The molecule has 0 aliphatic carbocycles. The molecule has 142 valence electrons. The van der Waals surface area contributed by atoms with Crippen molar-refractivity contribution in [3.63, 3.8) is 0 Å². The van der Waals surface area contributed by atoms with Crippen LogP contribution >= 0.6 is 0 Å². The van der Waals surface area contributed by atoms with Crippen LogP contribution in [0, 0.1) is 0 Å². The van der Waals surface area contributed by atoms with Gasteiger partial charge in [0.05, 0.1) is 17.1 Å². The molecule has 0 amide bonds. The number of hydrogen-bond acceptors (Lipinski definition) is 4. The molecule has 0 aliphatic heterocycles. The van der Waals surface area contributed by atoms with Crippen molar-refractivity contribution in [3.8, 4) is 16.8 Å². The molecule has 0 spiro atoms. The Morgan fingerprint density at radius 2 is 1.85 bits per heavy atom. The first-order chi connectivity index (χ1) is 12.9. The minimum absolute atomic E-state index is 0.478. The highest BCUT2D eigenvalue weighted by molar-refractivity contribution is 7.93. The first kappa shape index (κ1) is 19.1. The summed E-state index contributed by atoms with van der Waals surface area (Å²) >= 11 is 0. The van der Waals surface area contributed by atoms with E-state index in [9.17, 15) is 8.42 Å². The van der Waals surface area contributed by atoms with Crippen molar-refractivity contribution in [1.82, 2.24) is 14.8 Å². The summed E-state index contributed by atoms with van der Waals surface area (Å²) in [5.41, 5.74) is 4.51. The molecule has 0 bridgehead atoms. The van der Waals surface area contributed by atoms with Gasteiger partial charge in [-0.25, -0.2) is 13.1 Å². The average Bonchev–Trinajstić information content (AvgIpc) is 3.13. The molecule has 0 radical (unpaired) electrons. The third kappa shape index (κ3) is 4.54. The summed E-state index contributed by atoms with van der Waals surface area (Å²) in [4.78, 5) is 4.37. The second kappa shape index (κ2) is 7.92. The van der Waals surface area contributed by atoms with Gasteiger partial charge in [-0.15, -0.1) is 0 Å². The van der Waals surface area contributed by atoms with E-state index in [1.165, 1.54) is 0 Å². The standard InChI is InChI=1S/C20H24N4O2S/c1-4-5-19-12-20(10-11-21-19)24-14-17(13-22-24)16-6-8-18(9-7-16)23-27(25,26)15(2)3/h6-15,23H,4-5H2,1-3H3. The molecule has 6 nitrogen and oxygen atoms in total. The Hall–Kier alpha value is -2.67. The van der Waals surface area contributed by atoms with Crippen molar-refractivity contribution in [3.05, 3.63) is 60.7 Å². The molecule has 0 saturated heterocycles. The van der Waals surface area contributed by atoms with E-state index in [-0.39, 0.29) is 0 Å². The second-order valence-electron chi connectivity index (χ2n) is 6.70. The third-order valence-electron chi connectivity index (χ3n) is 4.25. The summed E-state index contributed by atoms with van der Waals surface area (Å²) in [7, 11) is -3.34. The quantitative estimate of drug-likeness (QED) is 0.667. The minimum Gasteiger partial charge on any atom is -0.283 e. The molecular weight excluding hydrogens is 360 g/mol. The third-order valence-corrected chi connectivity index (χ3v) is 6.01. The van der Waals surface area contributed by atoms with Crippen molar-refractivity contribution < 1.29 is 8.42 Å². The van der Waals surface area contributed by atoms with Gasteiger partial charge in [-0.05, 0) is 50.1 Å². The van der Waals surface area contributed by atoms with E-state index in [1.54, 1.807) is 38.4 Å². The van der Waals surface area contributed by atoms with Crippen molar-refractivity contribution in [2.24, 2.45) is 0 Å². The first-order valence-corrected chi connectivity index (χ1v) is 10.6. The van der Waals surface area contributed by atoms with Crippen molar-refractivity contribution in [1.29, 1.82) is 0 Å². The van der Waals surface area contributed by atoms with Gasteiger partial charge in [0.15, 0.2) is 0 Å². The highest BCUT2D eigenvalue weighted by Crippen LogP contribution is 2.23. The van der Waals surface area contributed by atoms with E-state index in [4.69, 9.17) is 0 Å². The van der Waals surface area contributed by atoms with Crippen molar-refractivity contribution >= 4 is 15.7 Å². The summed E-state index contributed by atoms with van der Waals surface area (Å²) in [6, 6.07) is 11.3. The topological polar surface area (TPSA) is 76.9 Å². The summed E-state index contributed by atoms with van der Waals surface area (Å²) in [5.74, 6) is 0. The minimum atomic E-state index is -3.34. The van der Waals surface area contributed by atoms with E-state index in [2.05, 4.69) is 21.7 Å².